The van der Waals surface area contributed by atoms with Gasteiger partial charge in [-0.05, 0) is 23.3 Å². The Morgan fingerprint density at radius 2 is 1.78 bits per heavy atom. The Morgan fingerprint density at radius 3 is 2.52 bits per heavy atom. The lowest BCUT2D eigenvalue weighted by Gasteiger charge is -2.45. The van der Waals surface area contributed by atoms with Gasteiger partial charge in [0.2, 0.25) is 0 Å². The van der Waals surface area contributed by atoms with Gasteiger partial charge in [-0.25, -0.2) is 0 Å². The molecule has 0 unspecified atom stereocenters. The number of halogens is 3. The summed E-state index contributed by atoms with van der Waals surface area (Å²) in [5.74, 6) is 0. The molecule has 1 saturated heterocycles. The van der Waals surface area contributed by atoms with Crippen LogP contribution in [0.5, 0.6) is 0 Å². The van der Waals surface area contributed by atoms with Crippen molar-refractivity contribution in [2.75, 3.05) is 24.5 Å². The molecule has 0 spiro atoms. The van der Waals surface area contributed by atoms with Gasteiger partial charge in [0, 0.05) is 31.7 Å². The Morgan fingerprint density at radius 1 is 1.00 bits per heavy atom. The van der Waals surface area contributed by atoms with Crippen molar-refractivity contribution >= 4 is 5.69 Å². The van der Waals surface area contributed by atoms with Crippen LogP contribution in [0.4, 0.5) is 18.9 Å². The minimum Gasteiger partial charge on any atom is -0.359 e. The molecule has 2 aliphatic heterocycles. The maximum atomic E-state index is 13.4. The van der Waals surface area contributed by atoms with Gasteiger partial charge in [-0.15, -0.1) is 0 Å². The summed E-state index contributed by atoms with van der Waals surface area (Å²) in [6, 6.07) is 14.4. The van der Waals surface area contributed by atoms with Crippen molar-refractivity contribution in [3.05, 3.63) is 65.2 Å². The molecule has 2 aromatic rings. The number of benzene rings is 2. The van der Waals surface area contributed by atoms with E-state index in [1.807, 2.05) is 36.4 Å². The Labute approximate surface area is 132 Å². The maximum Gasteiger partial charge on any atom is 0.416 e. The fourth-order valence-corrected chi connectivity index (χ4v) is 3.98. The molecule has 120 valence electrons. The zero-order valence-electron chi connectivity index (χ0n) is 12.5. The van der Waals surface area contributed by atoms with Crippen LogP contribution in [0.1, 0.15) is 16.7 Å². The van der Waals surface area contributed by atoms with Crippen LogP contribution in [0.3, 0.4) is 0 Å². The number of hydrogen-bond acceptors (Lipinski definition) is 2. The molecular formula is C18H17F3N2. The molecule has 2 nitrogen and oxygen atoms in total. The lowest BCUT2D eigenvalue weighted by Crippen LogP contribution is -2.57. The summed E-state index contributed by atoms with van der Waals surface area (Å²) in [6.45, 7) is 2.15. The summed E-state index contributed by atoms with van der Waals surface area (Å²) < 4.78 is 40.2. The number of hydrogen-bond donors (Lipinski definition) is 1. The van der Waals surface area contributed by atoms with Crippen LogP contribution in [0.2, 0.25) is 0 Å². The number of rotatable bonds is 1. The van der Waals surface area contributed by atoms with E-state index in [1.54, 1.807) is 0 Å². The van der Waals surface area contributed by atoms with Crippen molar-refractivity contribution in [1.82, 2.24) is 5.32 Å². The van der Waals surface area contributed by atoms with Crippen molar-refractivity contribution in [1.29, 1.82) is 0 Å². The van der Waals surface area contributed by atoms with E-state index in [4.69, 9.17) is 0 Å². The lowest BCUT2D eigenvalue weighted by atomic mass is 9.84. The monoisotopic (exact) mass is 318 g/mol. The minimum atomic E-state index is -4.31. The Bertz CT molecular complexity index is 727. The Kier molecular flexibility index (Phi) is 3.17. The van der Waals surface area contributed by atoms with Gasteiger partial charge in [-0.3, -0.25) is 0 Å². The van der Waals surface area contributed by atoms with Crippen LogP contribution in [-0.4, -0.2) is 19.6 Å². The maximum absolute atomic E-state index is 13.4. The van der Waals surface area contributed by atoms with Gasteiger partial charge >= 0.3 is 6.18 Å². The molecule has 0 radical (unpaired) electrons. The summed E-state index contributed by atoms with van der Waals surface area (Å²) in [7, 11) is 0. The molecule has 2 heterocycles. The third-order valence-electron chi connectivity index (χ3n) is 4.97. The molecule has 1 atom stereocenters. The topological polar surface area (TPSA) is 15.3 Å². The first-order chi connectivity index (χ1) is 11.0. The lowest BCUT2D eigenvalue weighted by molar-refractivity contribution is -0.138. The highest BCUT2D eigenvalue weighted by Crippen LogP contribution is 2.49. The van der Waals surface area contributed by atoms with Crippen LogP contribution in [0.15, 0.2) is 48.5 Å². The zero-order chi connectivity index (χ0) is 16.1. The minimum absolute atomic E-state index is 0.384. The number of fused-ring (bicyclic) bond motifs is 3. The second kappa shape index (κ2) is 4.99. The van der Waals surface area contributed by atoms with Crippen LogP contribution in [-0.2, 0) is 18.1 Å². The van der Waals surface area contributed by atoms with Crippen molar-refractivity contribution in [2.24, 2.45) is 0 Å². The van der Waals surface area contributed by atoms with Gasteiger partial charge in [0.25, 0.3) is 0 Å². The van der Waals surface area contributed by atoms with E-state index in [9.17, 15) is 13.2 Å². The first-order valence-electron chi connectivity index (χ1n) is 7.75. The average Bonchev–Trinajstić information content (AvgIpc) is 2.90. The zero-order valence-corrected chi connectivity index (χ0v) is 12.5. The smallest absolute Gasteiger partial charge is 0.359 e. The van der Waals surface area contributed by atoms with Crippen LogP contribution in [0, 0.1) is 0 Å². The largest absolute Gasteiger partial charge is 0.416 e. The molecule has 0 aliphatic carbocycles. The molecule has 0 amide bonds. The summed E-state index contributed by atoms with van der Waals surface area (Å²) in [5, 5.41) is 3.37. The molecule has 0 aromatic heterocycles. The predicted molar refractivity (Wildman–Crippen MR) is 83.5 cm³/mol. The highest BCUT2D eigenvalue weighted by Gasteiger charge is 2.49. The third kappa shape index (κ3) is 2.14. The first-order valence-corrected chi connectivity index (χ1v) is 7.75. The van der Waals surface area contributed by atoms with Gasteiger partial charge < -0.3 is 10.2 Å². The second-order valence-corrected chi connectivity index (χ2v) is 6.20. The van der Waals surface area contributed by atoms with Gasteiger partial charge in [-0.1, -0.05) is 36.4 Å². The molecule has 4 rings (SSSR count). The number of nitrogens with zero attached hydrogens (tertiary/aromatic N) is 1. The Balaban J connectivity index is 1.89. The van der Waals surface area contributed by atoms with Gasteiger partial charge in [0.1, 0.15) is 0 Å². The summed E-state index contributed by atoms with van der Waals surface area (Å²) in [5.41, 5.74) is 1.29. The van der Waals surface area contributed by atoms with Gasteiger partial charge in [0.15, 0.2) is 0 Å². The molecular weight excluding hydrogens is 301 g/mol. The number of piperazine rings is 1. The predicted octanol–water partition coefficient (Wildman–Crippen LogP) is 3.57. The number of nitrogens with one attached hydrogen (secondary N) is 1. The van der Waals surface area contributed by atoms with Crippen LogP contribution in [0.25, 0.3) is 0 Å². The van der Waals surface area contributed by atoms with E-state index in [-0.39, 0.29) is 0 Å². The van der Waals surface area contributed by atoms with Crippen molar-refractivity contribution < 1.29 is 13.2 Å². The highest BCUT2D eigenvalue weighted by molar-refractivity contribution is 5.67. The summed E-state index contributed by atoms with van der Waals surface area (Å²) in [6.07, 6.45) is -3.93. The highest BCUT2D eigenvalue weighted by atomic mass is 19.4. The van der Waals surface area contributed by atoms with E-state index < -0.39 is 17.3 Å². The van der Waals surface area contributed by atoms with Crippen molar-refractivity contribution in [2.45, 2.75) is 18.1 Å². The summed E-state index contributed by atoms with van der Waals surface area (Å²) >= 11 is 0. The third-order valence-corrected chi connectivity index (χ3v) is 4.97. The van der Waals surface area contributed by atoms with Crippen molar-refractivity contribution in [3.63, 3.8) is 0 Å². The van der Waals surface area contributed by atoms with E-state index in [0.29, 0.717) is 25.1 Å². The molecule has 0 bridgehead atoms. The molecule has 23 heavy (non-hydrogen) atoms. The molecule has 0 saturated carbocycles. The number of alkyl halides is 3. The molecule has 5 heteroatoms. The van der Waals surface area contributed by atoms with E-state index in [2.05, 4.69) is 10.2 Å². The van der Waals surface area contributed by atoms with Gasteiger partial charge in [-0.2, -0.15) is 13.2 Å². The normalized spacial score (nSPS) is 23.5. The molecule has 1 fully saturated rings. The van der Waals surface area contributed by atoms with Crippen molar-refractivity contribution in [3.8, 4) is 0 Å². The molecule has 2 aliphatic rings. The molecule has 1 N–H and O–H groups in total. The van der Waals surface area contributed by atoms with E-state index >= 15 is 0 Å². The SMILES string of the molecule is FC(F)(F)c1cccc2c1C[C@]1(c3ccccc3)CNCCN21. The molecule has 2 aromatic carbocycles. The van der Waals surface area contributed by atoms with Crippen LogP contribution < -0.4 is 10.2 Å². The first kappa shape index (κ1) is 14.6. The fraction of sp³-hybridized carbons (Fsp3) is 0.333. The average molecular weight is 318 g/mol. The Hall–Kier alpha value is -2.01. The van der Waals surface area contributed by atoms with Gasteiger partial charge in [0.05, 0.1) is 11.1 Å². The quantitative estimate of drug-likeness (QED) is 0.865. The number of anilines is 1. The van der Waals surface area contributed by atoms with E-state index in [0.717, 1.165) is 17.8 Å². The summed E-state index contributed by atoms with van der Waals surface area (Å²) in [4.78, 5) is 2.16. The fourth-order valence-electron chi connectivity index (χ4n) is 3.98. The second-order valence-electron chi connectivity index (χ2n) is 6.20. The van der Waals surface area contributed by atoms with E-state index in [1.165, 1.54) is 12.1 Å². The van der Waals surface area contributed by atoms with Crippen LogP contribution >= 0.6 is 0 Å². The standard InChI is InChI=1S/C18H17F3N2/c19-18(20,21)15-7-4-8-16-14(15)11-17(12-22-9-10-23(16)17)13-5-2-1-3-6-13/h1-8,22H,9-12H2/t17-/m1/s1.